The van der Waals surface area contributed by atoms with Gasteiger partial charge in [0.15, 0.2) is 6.61 Å². The van der Waals surface area contributed by atoms with Gasteiger partial charge in [0.05, 0.1) is 22.3 Å². The second-order valence-electron chi connectivity index (χ2n) is 4.99. The van der Waals surface area contributed by atoms with E-state index < -0.39 is 0 Å². The van der Waals surface area contributed by atoms with Crippen LogP contribution in [0.25, 0.3) is 5.65 Å². The lowest BCUT2D eigenvalue weighted by Crippen LogP contribution is -2.28. The molecule has 0 fully saturated rings. The van der Waals surface area contributed by atoms with Gasteiger partial charge in [-0.1, -0.05) is 34.8 Å². The molecule has 1 amide bonds. The topological polar surface area (TPSA) is 55.6 Å². The summed E-state index contributed by atoms with van der Waals surface area (Å²) < 4.78 is 7.17. The molecule has 2 heterocycles. The van der Waals surface area contributed by atoms with Crippen molar-refractivity contribution in [3.05, 3.63) is 63.5 Å². The number of imidazole rings is 1. The Morgan fingerprint density at radius 3 is 2.71 bits per heavy atom. The lowest BCUT2D eigenvalue weighted by Gasteiger charge is -2.08. The molecular formula is C16H12Cl3N3O2. The van der Waals surface area contributed by atoms with E-state index in [1.165, 1.54) is 0 Å². The van der Waals surface area contributed by atoms with Crippen LogP contribution in [0.15, 0.2) is 42.7 Å². The van der Waals surface area contributed by atoms with Gasteiger partial charge >= 0.3 is 0 Å². The number of nitrogens with one attached hydrogen (secondary N) is 1. The summed E-state index contributed by atoms with van der Waals surface area (Å²) in [7, 11) is 0. The molecule has 0 saturated carbocycles. The number of amides is 1. The Hall–Kier alpha value is -1.95. The summed E-state index contributed by atoms with van der Waals surface area (Å²) in [4.78, 5) is 16.3. The maximum absolute atomic E-state index is 11.9. The van der Waals surface area contributed by atoms with E-state index in [1.54, 1.807) is 47.1 Å². The molecule has 0 atom stereocenters. The van der Waals surface area contributed by atoms with Gasteiger partial charge < -0.3 is 14.5 Å². The van der Waals surface area contributed by atoms with Crippen LogP contribution in [0.1, 0.15) is 5.69 Å². The first-order valence-electron chi connectivity index (χ1n) is 6.99. The van der Waals surface area contributed by atoms with E-state index in [-0.39, 0.29) is 19.1 Å². The molecule has 124 valence electrons. The van der Waals surface area contributed by atoms with E-state index in [2.05, 4.69) is 10.3 Å². The van der Waals surface area contributed by atoms with E-state index in [4.69, 9.17) is 39.5 Å². The number of carbonyl (C=O) groups excluding carboxylic acids is 1. The number of fused-ring (bicyclic) bond motifs is 1. The monoisotopic (exact) mass is 383 g/mol. The maximum atomic E-state index is 11.9. The van der Waals surface area contributed by atoms with Crippen molar-refractivity contribution < 1.29 is 9.53 Å². The van der Waals surface area contributed by atoms with Crippen LogP contribution in [0, 0.1) is 0 Å². The molecule has 0 bridgehead atoms. The second kappa shape index (κ2) is 7.30. The number of rotatable bonds is 5. The average Bonchev–Trinajstić information content (AvgIpc) is 2.94. The first-order valence-corrected chi connectivity index (χ1v) is 8.12. The number of ether oxygens (including phenoxy) is 1. The summed E-state index contributed by atoms with van der Waals surface area (Å²) in [6, 6.07) is 8.37. The van der Waals surface area contributed by atoms with E-state index in [0.717, 1.165) is 11.3 Å². The number of benzene rings is 1. The zero-order valence-electron chi connectivity index (χ0n) is 12.3. The van der Waals surface area contributed by atoms with Crippen LogP contribution >= 0.6 is 34.8 Å². The number of halogens is 3. The molecule has 1 N–H and O–H groups in total. The molecule has 3 aromatic rings. The van der Waals surface area contributed by atoms with Crippen LogP contribution in [0.3, 0.4) is 0 Å². The van der Waals surface area contributed by atoms with Crippen molar-refractivity contribution in [2.24, 2.45) is 0 Å². The number of hydrogen-bond acceptors (Lipinski definition) is 3. The van der Waals surface area contributed by atoms with Gasteiger partial charge in [-0.05, 0) is 30.3 Å². The first kappa shape index (κ1) is 16.9. The summed E-state index contributed by atoms with van der Waals surface area (Å²) in [5.41, 5.74) is 1.47. The van der Waals surface area contributed by atoms with Gasteiger partial charge in [0.1, 0.15) is 11.4 Å². The Morgan fingerprint density at radius 1 is 1.12 bits per heavy atom. The van der Waals surface area contributed by atoms with Gasteiger partial charge in [-0.2, -0.15) is 0 Å². The van der Waals surface area contributed by atoms with E-state index in [1.807, 2.05) is 0 Å². The molecular weight excluding hydrogens is 373 g/mol. The minimum atomic E-state index is -0.281. The Bertz CT molecular complexity index is 895. The summed E-state index contributed by atoms with van der Waals surface area (Å²) in [5.74, 6) is 0.120. The molecule has 0 radical (unpaired) electrons. The number of nitrogens with zero attached hydrogens (tertiary/aromatic N) is 2. The molecule has 0 saturated heterocycles. The van der Waals surface area contributed by atoms with E-state index in [9.17, 15) is 4.79 Å². The Balaban J connectivity index is 1.54. The Kier molecular flexibility index (Phi) is 5.14. The molecule has 2 aromatic heterocycles. The normalized spacial score (nSPS) is 10.8. The number of hydrogen-bond donors (Lipinski definition) is 1. The third-order valence-corrected chi connectivity index (χ3v) is 3.94. The lowest BCUT2D eigenvalue weighted by atomic mass is 10.3. The molecule has 0 unspecified atom stereocenters. The van der Waals surface area contributed by atoms with Crippen LogP contribution in [-0.4, -0.2) is 21.9 Å². The first-order chi connectivity index (χ1) is 11.5. The smallest absolute Gasteiger partial charge is 0.258 e. The largest absolute Gasteiger partial charge is 0.482 e. The molecule has 0 aliphatic carbocycles. The zero-order chi connectivity index (χ0) is 17.1. The Morgan fingerprint density at radius 2 is 1.92 bits per heavy atom. The highest BCUT2D eigenvalue weighted by atomic mass is 35.5. The number of pyridine rings is 1. The van der Waals surface area contributed by atoms with Crippen LogP contribution < -0.4 is 10.1 Å². The molecule has 1 aromatic carbocycles. The van der Waals surface area contributed by atoms with Crippen molar-refractivity contribution in [2.45, 2.75) is 6.54 Å². The van der Waals surface area contributed by atoms with Gasteiger partial charge in [0, 0.05) is 17.4 Å². The van der Waals surface area contributed by atoms with Crippen molar-refractivity contribution in [1.82, 2.24) is 14.7 Å². The van der Waals surface area contributed by atoms with Crippen molar-refractivity contribution >= 4 is 46.4 Å². The maximum Gasteiger partial charge on any atom is 0.258 e. The molecule has 3 rings (SSSR count). The molecule has 0 aliphatic rings. The molecule has 5 nitrogen and oxygen atoms in total. The quantitative estimate of drug-likeness (QED) is 0.723. The highest BCUT2D eigenvalue weighted by Crippen LogP contribution is 2.27. The summed E-state index contributed by atoms with van der Waals surface area (Å²) in [6.45, 7) is 0.135. The highest BCUT2D eigenvalue weighted by Gasteiger charge is 2.08. The fourth-order valence-electron chi connectivity index (χ4n) is 2.08. The summed E-state index contributed by atoms with van der Waals surface area (Å²) in [6.07, 6.45) is 3.55. The molecule has 8 heteroatoms. The predicted molar refractivity (Wildman–Crippen MR) is 94.0 cm³/mol. The molecule has 0 spiro atoms. The lowest BCUT2D eigenvalue weighted by molar-refractivity contribution is -0.123. The molecule has 24 heavy (non-hydrogen) atoms. The van der Waals surface area contributed by atoms with E-state index >= 15 is 0 Å². The number of aromatic nitrogens is 2. The fourth-order valence-corrected chi connectivity index (χ4v) is 2.71. The third-order valence-electron chi connectivity index (χ3n) is 3.18. The van der Waals surface area contributed by atoms with Gasteiger partial charge in [-0.25, -0.2) is 4.98 Å². The van der Waals surface area contributed by atoms with E-state index in [0.29, 0.717) is 20.8 Å². The van der Waals surface area contributed by atoms with Crippen molar-refractivity contribution in [1.29, 1.82) is 0 Å². The SMILES string of the molecule is O=C(COc1ccc(Cl)cc1Cl)NCc1cn2cc(Cl)ccc2n1. The van der Waals surface area contributed by atoms with Crippen LogP contribution in [0.4, 0.5) is 0 Å². The summed E-state index contributed by atoms with van der Waals surface area (Å²) >= 11 is 17.7. The van der Waals surface area contributed by atoms with Crippen molar-refractivity contribution in [2.75, 3.05) is 6.61 Å². The zero-order valence-corrected chi connectivity index (χ0v) is 14.6. The summed E-state index contributed by atoms with van der Waals surface area (Å²) in [5, 5.41) is 4.21. The second-order valence-corrected chi connectivity index (χ2v) is 6.27. The third kappa shape index (κ3) is 4.12. The minimum Gasteiger partial charge on any atom is -0.482 e. The van der Waals surface area contributed by atoms with Gasteiger partial charge in [0.25, 0.3) is 5.91 Å². The predicted octanol–water partition coefficient (Wildman–Crippen LogP) is 3.99. The molecule has 0 aliphatic heterocycles. The Labute approximate surface area is 153 Å². The highest BCUT2D eigenvalue weighted by molar-refractivity contribution is 6.35. The van der Waals surface area contributed by atoms with Crippen molar-refractivity contribution in [3.63, 3.8) is 0 Å². The standard InChI is InChI=1S/C16H12Cl3N3O2/c17-10-1-3-14(13(19)5-10)24-9-16(23)20-6-12-8-22-7-11(18)2-4-15(22)21-12/h1-5,7-8H,6,9H2,(H,20,23). The minimum absolute atomic E-state index is 0.152. The van der Waals surface area contributed by atoms with Crippen LogP contribution in [0.2, 0.25) is 15.1 Å². The van der Waals surface area contributed by atoms with Crippen molar-refractivity contribution in [3.8, 4) is 5.75 Å². The van der Waals surface area contributed by atoms with Crippen LogP contribution in [-0.2, 0) is 11.3 Å². The average molecular weight is 385 g/mol. The van der Waals surface area contributed by atoms with Crippen LogP contribution in [0.5, 0.6) is 5.75 Å². The fraction of sp³-hybridized carbons (Fsp3) is 0.125. The van der Waals surface area contributed by atoms with Gasteiger partial charge in [-0.15, -0.1) is 0 Å². The number of carbonyl (C=O) groups is 1. The van der Waals surface area contributed by atoms with Gasteiger partial charge in [-0.3, -0.25) is 4.79 Å². The van der Waals surface area contributed by atoms with Gasteiger partial charge in [0.2, 0.25) is 0 Å².